The van der Waals surface area contributed by atoms with Crippen LogP contribution in [0.15, 0.2) is 64.6 Å². The molecule has 1 nitrogen and oxygen atoms in total. The molecular weight excluding hydrogens is 312 g/mol. The fourth-order valence-electron chi connectivity index (χ4n) is 2.01. The molecule has 2 aromatic rings. The fraction of sp³-hybridized carbons (Fsp3) is 0.167. The monoisotopic (exact) mass is 328 g/mol. The van der Waals surface area contributed by atoms with Crippen molar-refractivity contribution < 1.29 is 4.79 Å². The van der Waals surface area contributed by atoms with Crippen LogP contribution in [0, 0.1) is 5.92 Å². The van der Waals surface area contributed by atoms with Crippen LogP contribution in [0.5, 0.6) is 0 Å². The van der Waals surface area contributed by atoms with Crippen LogP contribution >= 0.6 is 15.9 Å². The molecule has 2 heteroatoms. The van der Waals surface area contributed by atoms with E-state index in [1.165, 1.54) is 0 Å². The standard InChI is InChI=1S/C18H17BrO/c1-13(2)16(12-15-10-6-7-11-17(15)19)18(20)14-8-4-3-5-9-14/h3-13H,1-2H3. The molecule has 0 aliphatic heterocycles. The maximum absolute atomic E-state index is 12.6. The van der Waals surface area contributed by atoms with E-state index in [9.17, 15) is 4.79 Å². The van der Waals surface area contributed by atoms with Crippen LogP contribution < -0.4 is 0 Å². The SMILES string of the molecule is CC(C)C(=Cc1ccccc1Br)C(=O)c1ccccc1. The number of hydrogen-bond acceptors (Lipinski definition) is 1. The van der Waals surface area contributed by atoms with Gasteiger partial charge in [-0.15, -0.1) is 0 Å². The molecule has 0 bridgehead atoms. The molecule has 0 spiro atoms. The van der Waals surface area contributed by atoms with Gasteiger partial charge in [-0.3, -0.25) is 4.79 Å². The minimum absolute atomic E-state index is 0.0938. The van der Waals surface area contributed by atoms with Gasteiger partial charge in [0.2, 0.25) is 0 Å². The molecule has 0 N–H and O–H groups in total. The first kappa shape index (κ1) is 14.7. The molecule has 20 heavy (non-hydrogen) atoms. The van der Waals surface area contributed by atoms with Gasteiger partial charge in [0.05, 0.1) is 0 Å². The summed E-state index contributed by atoms with van der Waals surface area (Å²) in [5.41, 5.74) is 2.59. The van der Waals surface area contributed by atoms with Crippen LogP contribution in [0.2, 0.25) is 0 Å². The highest BCUT2D eigenvalue weighted by molar-refractivity contribution is 9.10. The van der Waals surface area contributed by atoms with E-state index in [4.69, 9.17) is 0 Å². The van der Waals surface area contributed by atoms with Gasteiger partial charge in [0, 0.05) is 15.6 Å². The summed E-state index contributed by atoms with van der Waals surface area (Å²) in [6.07, 6.45) is 1.98. The van der Waals surface area contributed by atoms with Crippen molar-refractivity contribution in [2.45, 2.75) is 13.8 Å². The van der Waals surface area contributed by atoms with Crippen molar-refractivity contribution >= 4 is 27.8 Å². The van der Waals surface area contributed by atoms with Crippen LogP contribution in [0.3, 0.4) is 0 Å². The Labute approximate surface area is 128 Å². The first-order valence-corrected chi connectivity index (χ1v) is 7.44. The fourth-order valence-corrected chi connectivity index (χ4v) is 2.41. The molecule has 0 unspecified atom stereocenters. The number of carbonyl (C=O) groups is 1. The second-order valence-corrected chi connectivity index (χ2v) is 5.83. The summed E-state index contributed by atoms with van der Waals surface area (Å²) >= 11 is 3.52. The van der Waals surface area contributed by atoms with Crippen LogP contribution in [-0.4, -0.2) is 5.78 Å². The summed E-state index contributed by atoms with van der Waals surface area (Å²) < 4.78 is 0.999. The van der Waals surface area contributed by atoms with Gasteiger partial charge >= 0.3 is 0 Å². The Balaban J connectivity index is 2.43. The zero-order valence-electron chi connectivity index (χ0n) is 11.6. The number of Topliss-reactive ketones (excluding diaryl/α,β-unsaturated/α-hetero) is 1. The Morgan fingerprint density at radius 2 is 1.60 bits per heavy atom. The van der Waals surface area contributed by atoms with Crippen molar-refractivity contribution in [3.05, 3.63) is 75.8 Å². The van der Waals surface area contributed by atoms with Crippen molar-refractivity contribution in [3.8, 4) is 0 Å². The van der Waals surface area contributed by atoms with Crippen LogP contribution in [-0.2, 0) is 0 Å². The molecule has 0 amide bonds. The third-order valence-corrected chi connectivity index (χ3v) is 3.86. The summed E-state index contributed by atoms with van der Waals surface area (Å²) in [6.45, 7) is 4.09. The Kier molecular flexibility index (Phi) is 4.91. The number of ketones is 1. The minimum Gasteiger partial charge on any atom is -0.289 e. The molecule has 2 aromatic carbocycles. The molecule has 0 saturated carbocycles. The summed E-state index contributed by atoms with van der Waals surface area (Å²) in [5.74, 6) is 0.270. The third kappa shape index (κ3) is 3.45. The van der Waals surface area contributed by atoms with Gasteiger partial charge in [-0.25, -0.2) is 0 Å². The molecule has 0 aliphatic carbocycles. The van der Waals surface area contributed by atoms with Gasteiger partial charge in [-0.05, 0) is 23.6 Å². The summed E-state index contributed by atoms with van der Waals surface area (Å²) in [5, 5.41) is 0. The van der Waals surface area contributed by atoms with Gasteiger partial charge in [0.25, 0.3) is 0 Å². The highest BCUT2D eigenvalue weighted by Crippen LogP contribution is 2.24. The van der Waals surface area contributed by atoms with Crippen LogP contribution in [0.1, 0.15) is 29.8 Å². The van der Waals surface area contributed by atoms with Gasteiger partial charge in [-0.1, -0.05) is 78.3 Å². The van der Waals surface area contributed by atoms with Crippen molar-refractivity contribution in [1.82, 2.24) is 0 Å². The van der Waals surface area contributed by atoms with Crippen LogP contribution in [0.4, 0.5) is 0 Å². The molecule has 0 aromatic heterocycles. The largest absolute Gasteiger partial charge is 0.289 e. The second-order valence-electron chi connectivity index (χ2n) is 4.97. The number of hydrogen-bond donors (Lipinski definition) is 0. The molecule has 0 saturated heterocycles. The highest BCUT2D eigenvalue weighted by atomic mass is 79.9. The zero-order valence-corrected chi connectivity index (χ0v) is 13.2. The van der Waals surface area contributed by atoms with E-state index < -0.39 is 0 Å². The average molecular weight is 329 g/mol. The van der Waals surface area contributed by atoms with E-state index in [1.807, 2.05) is 74.5 Å². The number of benzene rings is 2. The van der Waals surface area contributed by atoms with Gasteiger partial charge < -0.3 is 0 Å². The lowest BCUT2D eigenvalue weighted by Crippen LogP contribution is -2.08. The molecule has 0 fully saturated rings. The van der Waals surface area contributed by atoms with E-state index in [1.54, 1.807) is 0 Å². The van der Waals surface area contributed by atoms with E-state index >= 15 is 0 Å². The van der Waals surface area contributed by atoms with E-state index in [-0.39, 0.29) is 11.7 Å². The second kappa shape index (κ2) is 6.67. The van der Waals surface area contributed by atoms with Gasteiger partial charge in [-0.2, -0.15) is 0 Å². The quantitative estimate of drug-likeness (QED) is 0.544. The topological polar surface area (TPSA) is 17.1 Å². The maximum atomic E-state index is 12.6. The molecule has 2 rings (SSSR count). The Morgan fingerprint density at radius 1 is 1.00 bits per heavy atom. The van der Waals surface area contributed by atoms with Crippen molar-refractivity contribution in [3.63, 3.8) is 0 Å². The Bertz CT molecular complexity index is 627. The smallest absolute Gasteiger partial charge is 0.189 e. The van der Waals surface area contributed by atoms with Crippen molar-refractivity contribution in [2.75, 3.05) is 0 Å². The molecule has 0 atom stereocenters. The summed E-state index contributed by atoms with van der Waals surface area (Å²) in [7, 11) is 0. The lowest BCUT2D eigenvalue weighted by molar-refractivity contribution is 0.102. The van der Waals surface area contributed by atoms with E-state index in [0.717, 1.165) is 21.2 Å². The Morgan fingerprint density at radius 3 is 2.20 bits per heavy atom. The van der Waals surface area contributed by atoms with E-state index in [2.05, 4.69) is 15.9 Å². The number of halogens is 1. The predicted molar refractivity (Wildman–Crippen MR) is 87.7 cm³/mol. The normalized spacial score (nSPS) is 11.7. The van der Waals surface area contributed by atoms with Gasteiger partial charge in [0.15, 0.2) is 5.78 Å². The number of carbonyl (C=O) groups excluding carboxylic acids is 1. The van der Waals surface area contributed by atoms with Crippen LogP contribution in [0.25, 0.3) is 6.08 Å². The molecule has 0 radical (unpaired) electrons. The third-order valence-electron chi connectivity index (χ3n) is 3.14. The highest BCUT2D eigenvalue weighted by Gasteiger charge is 2.15. The number of rotatable bonds is 4. The van der Waals surface area contributed by atoms with Crippen molar-refractivity contribution in [2.24, 2.45) is 5.92 Å². The first-order valence-electron chi connectivity index (χ1n) is 6.65. The summed E-state index contributed by atoms with van der Waals surface area (Å²) in [4.78, 5) is 12.6. The molecular formula is C18H17BrO. The lowest BCUT2D eigenvalue weighted by Gasteiger charge is -2.11. The molecule has 0 heterocycles. The Hall–Kier alpha value is -1.67. The van der Waals surface area contributed by atoms with E-state index in [0.29, 0.717) is 0 Å². The lowest BCUT2D eigenvalue weighted by atomic mass is 9.92. The predicted octanol–water partition coefficient (Wildman–Crippen LogP) is 5.37. The average Bonchev–Trinajstić information content (AvgIpc) is 2.46. The number of allylic oxidation sites excluding steroid dienone is 1. The summed E-state index contributed by atoms with van der Waals surface area (Å²) in [6, 6.07) is 17.4. The van der Waals surface area contributed by atoms with Gasteiger partial charge in [0.1, 0.15) is 0 Å². The first-order chi connectivity index (χ1) is 9.59. The minimum atomic E-state index is 0.0938. The molecule has 102 valence electrons. The van der Waals surface area contributed by atoms with Crippen molar-refractivity contribution in [1.29, 1.82) is 0 Å². The zero-order chi connectivity index (χ0) is 14.5. The maximum Gasteiger partial charge on any atom is 0.189 e. The molecule has 0 aliphatic rings.